The summed E-state index contributed by atoms with van der Waals surface area (Å²) in [7, 11) is 0. The zero-order valence-corrected chi connectivity index (χ0v) is 33.3. The highest BCUT2D eigenvalue weighted by atomic mass is 35.5. The molecule has 0 aliphatic carbocycles. The minimum atomic E-state index is -2.39. The van der Waals surface area contributed by atoms with E-state index in [1.807, 2.05) is 27.7 Å². The summed E-state index contributed by atoms with van der Waals surface area (Å²) >= 11 is 5.92. The van der Waals surface area contributed by atoms with E-state index < -0.39 is 66.6 Å². The van der Waals surface area contributed by atoms with Crippen LogP contribution in [0.2, 0.25) is 5.02 Å². The quantitative estimate of drug-likeness (QED) is 0.0671. The smallest absolute Gasteiger partial charge is 0.364 e. The lowest BCUT2D eigenvalue weighted by molar-refractivity contribution is -0.322. The van der Waals surface area contributed by atoms with E-state index in [2.05, 4.69) is 16.6 Å². The molecule has 0 unspecified atom stereocenters. The van der Waals surface area contributed by atoms with Gasteiger partial charge in [-0.1, -0.05) is 73.8 Å². The minimum Gasteiger partial charge on any atom is -0.477 e. The number of aliphatic hydroxyl groups is 3. The van der Waals surface area contributed by atoms with Crippen LogP contribution in [0.25, 0.3) is 0 Å². The van der Waals surface area contributed by atoms with Crippen molar-refractivity contribution < 1.29 is 58.5 Å². The Kier molecular flexibility index (Phi) is 18.7. The molecule has 6 atom stereocenters. The first-order valence-electron chi connectivity index (χ1n) is 18.6. The van der Waals surface area contributed by atoms with Gasteiger partial charge < -0.3 is 54.7 Å². The molecule has 14 nitrogen and oxygen atoms in total. The average Bonchev–Trinajstić information content (AvgIpc) is 3.15. The number of carboxylic acids is 1. The van der Waals surface area contributed by atoms with E-state index in [0.717, 1.165) is 0 Å². The van der Waals surface area contributed by atoms with Crippen LogP contribution in [0.3, 0.4) is 0 Å². The van der Waals surface area contributed by atoms with Crippen molar-refractivity contribution >= 4 is 29.4 Å². The molecule has 3 rings (SSSR count). The molecule has 15 heteroatoms. The maximum absolute atomic E-state index is 12.9. The fraction of sp³-hybridized carbons (Fsp3) is 0.585. The number of carbonyl (C=O) groups is 3. The van der Waals surface area contributed by atoms with Crippen molar-refractivity contribution in [1.29, 1.82) is 0 Å². The molecule has 2 amide bonds. The molecule has 56 heavy (non-hydrogen) atoms. The standard InChI is InChI=1S/C41H57ClN2O12/c1-6-19-52-25-39(2,3)26-53-27-40(4,5)54-20-18-43-34(47)17-16-31-32(45)22-41(38(50)51,55-24-29-10-8-7-9-11-29)56-37(31)36(49)33(46)23-44-35(48)21-28-12-14-30(42)15-13-28/h1,7-15,31-33,36-37,45-46,49H,16-27H2,2-5H3,(H,43,47)(H,44,48)(H,50,51)/t31-,32+,33-,36-,37-,41-/m1/s1. The number of nitrogens with one attached hydrogen (secondary N) is 2. The highest BCUT2D eigenvalue weighted by Crippen LogP contribution is 2.39. The number of hydrogen-bond acceptors (Lipinski definition) is 11. The number of hydrogen-bond donors (Lipinski definition) is 6. The van der Waals surface area contributed by atoms with E-state index in [1.165, 1.54) is 0 Å². The highest BCUT2D eigenvalue weighted by molar-refractivity contribution is 6.30. The topological polar surface area (TPSA) is 202 Å². The molecular weight excluding hydrogens is 748 g/mol. The number of aliphatic hydroxyl groups excluding tert-OH is 3. The van der Waals surface area contributed by atoms with Gasteiger partial charge in [-0.15, -0.1) is 6.42 Å². The van der Waals surface area contributed by atoms with Crippen molar-refractivity contribution in [1.82, 2.24) is 10.6 Å². The summed E-state index contributed by atoms with van der Waals surface area (Å²) in [5.74, 6) is -3.34. The second-order valence-electron chi connectivity index (χ2n) is 15.4. The molecule has 1 aliphatic rings. The first kappa shape index (κ1) is 46.8. The van der Waals surface area contributed by atoms with Gasteiger partial charge in [0, 0.05) is 42.3 Å². The first-order valence-corrected chi connectivity index (χ1v) is 19.0. The fourth-order valence-electron chi connectivity index (χ4n) is 6.10. The maximum Gasteiger partial charge on any atom is 0.364 e. The van der Waals surface area contributed by atoms with Gasteiger partial charge in [-0.25, -0.2) is 4.79 Å². The Morgan fingerprint density at radius 1 is 0.982 bits per heavy atom. The van der Waals surface area contributed by atoms with E-state index in [9.17, 15) is 34.8 Å². The first-order chi connectivity index (χ1) is 26.5. The Morgan fingerprint density at radius 3 is 2.32 bits per heavy atom. The summed E-state index contributed by atoms with van der Waals surface area (Å²) in [4.78, 5) is 38.2. The summed E-state index contributed by atoms with van der Waals surface area (Å²) in [5.41, 5.74) is 0.409. The van der Waals surface area contributed by atoms with E-state index >= 15 is 0 Å². The summed E-state index contributed by atoms with van der Waals surface area (Å²) in [6, 6.07) is 15.4. The van der Waals surface area contributed by atoms with Crippen LogP contribution in [-0.4, -0.2) is 120 Å². The second kappa shape index (κ2) is 22.4. The van der Waals surface area contributed by atoms with Crippen LogP contribution in [0.15, 0.2) is 54.6 Å². The molecule has 0 spiro atoms. The Bertz CT molecular complexity index is 1570. The van der Waals surface area contributed by atoms with Crippen LogP contribution in [0.1, 0.15) is 58.1 Å². The largest absolute Gasteiger partial charge is 0.477 e. The minimum absolute atomic E-state index is 0.0233. The number of carbonyl (C=O) groups excluding carboxylic acids is 2. The van der Waals surface area contributed by atoms with Gasteiger partial charge in [-0.3, -0.25) is 9.59 Å². The van der Waals surface area contributed by atoms with Gasteiger partial charge in [0.05, 0.1) is 63.4 Å². The Hall–Kier alpha value is -3.62. The normalized spacial score (nSPS) is 21.1. The van der Waals surface area contributed by atoms with Crippen LogP contribution in [0.5, 0.6) is 0 Å². The molecule has 6 N–H and O–H groups in total. The van der Waals surface area contributed by atoms with Crippen LogP contribution in [-0.2, 0) is 51.1 Å². The van der Waals surface area contributed by atoms with Crippen molar-refractivity contribution in [2.24, 2.45) is 11.3 Å². The maximum atomic E-state index is 12.9. The number of carboxylic acid groups (broad SMARTS) is 1. The summed E-state index contributed by atoms with van der Waals surface area (Å²) in [5, 5.41) is 49.9. The number of rotatable bonds is 24. The van der Waals surface area contributed by atoms with Gasteiger partial charge in [0.25, 0.3) is 5.79 Å². The molecule has 1 fully saturated rings. The molecule has 0 bridgehead atoms. The molecule has 0 aromatic heterocycles. The van der Waals surface area contributed by atoms with Crippen molar-refractivity contribution in [2.75, 3.05) is 46.1 Å². The van der Waals surface area contributed by atoms with Gasteiger partial charge >= 0.3 is 5.97 Å². The molecule has 2 aromatic carbocycles. The highest BCUT2D eigenvalue weighted by Gasteiger charge is 2.55. The summed E-state index contributed by atoms with van der Waals surface area (Å²) in [6.07, 6.45) is -1.85. The SMILES string of the molecule is C#CCOCC(C)(C)COCC(C)(C)OCCNC(=O)CC[C@H]1[C@H]([C@H](O)[C@H](O)CNC(=O)Cc2ccc(Cl)cc2)O[C@@](OCc2ccccc2)(C(=O)O)C[C@@H]1O. The lowest BCUT2D eigenvalue weighted by atomic mass is 9.80. The molecule has 1 heterocycles. The van der Waals surface area contributed by atoms with Crippen LogP contribution in [0, 0.1) is 23.7 Å². The Balaban J connectivity index is 1.60. The van der Waals surface area contributed by atoms with Crippen LogP contribution in [0.4, 0.5) is 0 Å². The van der Waals surface area contributed by atoms with E-state index in [4.69, 9.17) is 41.7 Å². The molecular formula is C41H57ClN2O12. The fourth-order valence-corrected chi connectivity index (χ4v) is 6.23. The number of ether oxygens (including phenoxy) is 5. The molecule has 310 valence electrons. The molecule has 1 saturated heterocycles. The van der Waals surface area contributed by atoms with Crippen LogP contribution >= 0.6 is 11.6 Å². The van der Waals surface area contributed by atoms with Crippen molar-refractivity contribution in [3.63, 3.8) is 0 Å². The third-order valence-electron chi connectivity index (χ3n) is 9.12. The van der Waals surface area contributed by atoms with Gasteiger partial charge in [-0.05, 0) is 43.5 Å². The van der Waals surface area contributed by atoms with Crippen molar-refractivity contribution in [2.45, 2.75) is 95.8 Å². The second-order valence-corrected chi connectivity index (χ2v) is 15.8. The number of terminal acetylenes is 1. The van der Waals surface area contributed by atoms with Gasteiger partial charge in [0.2, 0.25) is 11.8 Å². The molecule has 1 aliphatic heterocycles. The summed E-state index contributed by atoms with van der Waals surface area (Å²) < 4.78 is 29.0. The number of amides is 2. The molecule has 2 aromatic rings. The van der Waals surface area contributed by atoms with Crippen molar-refractivity contribution in [3.8, 4) is 12.3 Å². The third kappa shape index (κ3) is 15.7. The van der Waals surface area contributed by atoms with Gasteiger partial charge in [-0.2, -0.15) is 0 Å². The zero-order valence-electron chi connectivity index (χ0n) is 32.6. The molecule has 0 saturated carbocycles. The van der Waals surface area contributed by atoms with E-state index in [-0.39, 0.29) is 57.0 Å². The predicted molar refractivity (Wildman–Crippen MR) is 207 cm³/mol. The number of halogens is 1. The molecule has 0 radical (unpaired) electrons. The lowest BCUT2D eigenvalue weighted by Gasteiger charge is -2.46. The Labute approximate surface area is 334 Å². The monoisotopic (exact) mass is 804 g/mol. The van der Waals surface area contributed by atoms with E-state index in [0.29, 0.717) is 36.0 Å². The average molecular weight is 805 g/mol. The zero-order chi connectivity index (χ0) is 41.4. The number of benzene rings is 2. The predicted octanol–water partition coefficient (Wildman–Crippen LogP) is 2.87. The lowest BCUT2D eigenvalue weighted by Crippen LogP contribution is -2.62. The van der Waals surface area contributed by atoms with Crippen LogP contribution < -0.4 is 10.6 Å². The third-order valence-corrected chi connectivity index (χ3v) is 9.37. The van der Waals surface area contributed by atoms with Crippen molar-refractivity contribution in [3.05, 3.63) is 70.7 Å². The van der Waals surface area contributed by atoms with E-state index in [1.54, 1.807) is 54.6 Å². The van der Waals surface area contributed by atoms with Gasteiger partial charge in [0.15, 0.2) is 0 Å². The summed E-state index contributed by atoms with van der Waals surface area (Å²) in [6.45, 7) is 8.90. The number of aliphatic carboxylic acids is 1. The van der Waals surface area contributed by atoms with Gasteiger partial charge in [0.1, 0.15) is 12.7 Å². The Morgan fingerprint density at radius 2 is 1.66 bits per heavy atom.